The summed E-state index contributed by atoms with van der Waals surface area (Å²) in [6, 6.07) is 9.98. The van der Waals surface area contributed by atoms with Gasteiger partial charge >= 0.3 is 5.97 Å². The SMILES string of the molecule is COC(=O)c1ccc2c(c1)nnn2-c1cc2c(cc1C)C(C)(C)CCC2(C)C. The number of methoxy groups -OCH3 is 1. The summed E-state index contributed by atoms with van der Waals surface area (Å²) in [5.41, 5.74) is 7.37. The van der Waals surface area contributed by atoms with E-state index in [2.05, 4.69) is 57.1 Å². The summed E-state index contributed by atoms with van der Waals surface area (Å²) >= 11 is 0. The number of hydrogen-bond acceptors (Lipinski definition) is 4. The van der Waals surface area contributed by atoms with Crippen molar-refractivity contribution >= 4 is 17.0 Å². The monoisotopic (exact) mass is 377 g/mol. The van der Waals surface area contributed by atoms with Gasteiger partial charge < -0.3 is 4.74 Å². The molecule has 146 valence electrons. The molecule has 1 aromatic heterocycles. The molecule has 1 aliphatic carbocycles. The fraction of sp³-hybridized carbons (Fsp3) is 0.435. The second kappa shape index (κ2) is 6.16. The first-order chi connectivity index (χ1) is 13.1. The zero-order valence-electron chi connectivity index (χ0n) is 17.5. The number of rotatable bonds is 2. The molecular weight excluding hydrogens is 350 g/mol. The third kappa shape index (κ3) is 2.81. The summed E-state index contributed by atoms with van der Waals surface area (Å²) in [4.78, 5) is 11.8. The first-order valence-electron chi connectivity index (χ1n) is 9.74. The normalized spacial score (nSPS) is 17.4. The van der Waals surface area contributed by atoms with Gasteiger partial charge in [0.15, 0.2) is 0 Å². The van der Waals surface area contributed by atoms with Gasteiger partial charge in [0, 0.05) is 0 Å². The van der Waals surface area contributed by atoms with Crippen LogP contribution in [0.5, 0.6) is 0 Å². The molecule has 5 heteroatoms. The molecule has 0 aliphatic heterocycles. The Labute approximate surface area is 165 Å². The number of aromatic nitrogens is 3. The van der Waals surface area contributed by atoms with Gasteiger partial charge in [-0.25, -0.2) is 9.48 Å². The summed E-state index contributed by atoms with van der Waals surface area (Å²) in [6.45, 7) is 11.4. The summed E-state index contributed by atoms with van der Waals surface area (Å²) in [6.07, 6.45) is 2.35. The minimum Gasteiger partial charge on any atom is -0.465 e. The fourth-order valence-electron chi connectivity index (χ4n) is 4.29. The Morgan fingerprint density at radius 1 is 1.04 bits per heavy atom. The van der Waals surface area contributed by atoms with Crippen LogP contribution in [0.4, 0.5) is 0 Å². The number of hydrogen-bond donors (Lipinski definition) is 0. The van der Waals surface area contributed by atoms with Crippen molar-refractivity contribution in [3.05, 3.63) is 52.6 Å². The van der Waals surface area contributed by atoms with E-state index in [0.717, 1.165) is 17.6 Å². The van der Waals surface area contributed by atoms with E-state index in [1.807, 2.05) is 10.7 Å². The topological polar surface area (TPSA) is 57.0 Å². The van der Waals surface area contributed by atoms with Crippen LogP contribution in [0.25, 0.3) is 16.7 Å². The predicted molar refractivity (Wildman–Crippen MR) is 110 cm³/mol. The highest BCUT2D eigenvalue weighted by Crippen LogP contribution is 2.47. The van der Waals surface area contributed by atoms with E-state index < -0.39 is 0 Å². The van der Waals surface area contributed by atoms with E-state index in [4.69, 9.17) is 4.74 Å². The number of aryl methyl sites for hydroxylation is 1. The van der Waals surface area contributed by atoms with E-state index in [1.165, 1.54) is 30.2 Å². The molecule has 0 radical (unpaired) electrons. The number of nitrogens with zero attached hydrogens (tertiary/aromatic N) is 3. The van der Waals surface area contributed by atoms with Crippen molar-refractivity contribution in [2.75, 3.05) is 7.11 Å². The Balaban J connectivity index is 1.90. The molecule has 0 bridgehead atoms. The molecule has 0 saturated carbocycles. The molecule has 1 heterocycles. The minimum absolute atomic E-state index is 0.127. The number of benzene rings is 2. The number of esters is 1. The summed E-state index contributed by atoms with van der Waals surface area (Å²) in [5.74, 6) is -0.370. The molecule has 0 atom stereocenters. The minimum atomic E-state index is -0.370. The van der Waals surface area contributed by atoms with Crippen LogP contribution >= 0.6 is 0 Å². The van der Waals surface area contributed by atoms with Crippen molar-refractivity contribution in [3.8, 4) is 5.69 Å². The van der Waals surface area contributed by atoms with Gasteiger partial charge in [0.2, 0.25) is 0 Å². The first-order valence-corrected chi connectivity index (χ1v) is 9.74. The maximum absolute atomic E-state index is 11.8. The molecule has 0 amide bonds. The van der Waals surface area contributed by atoms with Crippen molar-refractivity contribution in [3.63, 3.8) is 0 Å². The third-order valence-electron chi connectivity index (χ3n) is 6.26. The van der Waals surface area contributed by atoms with Crippen LogP contribution in [0.15, 0.2) is 30.3 Å². The molecular formula is C23H27N3O2. The number of carbonyl (C=O) groups is 1. The number of fused-ring (bicyclic) bond motifs is 2. The maximum Gasteiger partial charge on any atom is 0.337 e. The smallest absolute Gasteiger partial charge is 0.337 e. The molecule has 4 rings (SSSR count). The summed E-state index contributed by atoms with van der Waals surface area (Å²) in [7, 11) is 1.38. The predicted octanol–water partition coefficient (Wildman–Crippen LogP) is 4.86. The zero-order valence-corrected chi connectivity index (χ0v) is 17.5. The van der Waals surface area contributed by atoms with E-state index in [-0.39, 0.29) is 16.8 Å². The molecule has 3 aromatic rings. The highest BCUT2D eigenvalue weighted by atomic mass is 16.5. The lowest BCUT2D eigenvalue weighted by Gasteiger charge is -2.42. The van der Waals surface area contributed by atoms with Crippen LogP contribution in [0.3, 0.4) is 0 Å². The Morgan fingerprint density at radius 2 is 1.68 bits per heavy atom. The molecule has 0 spiro atoms. The standard InChI is InChI=1S/C23H27N3O2/c1-14-11-16-17(23(4,5)10-9-22(16,2)3)13-20(14)26-19-8-7-15(21(27)28-6)12-18(19)24-25-26/h7-8,11-13H,9-10H2,1-6H3. The Hall–Kier alpha value is -2.69. The Morgan fingerprint density at radius 3 is 2.32 bits per heavy atom. The second-order valence-electron chi connectivity index (χ2n) is 9.15. The number of carbonyl (C=O) groups excluding carboxylic acids is 1. The molecule has 0 fully saturated rings. The van der Waals surface area contributed by atoms with Crippen LogP contribution in [0.1, 0.15) is 67.6 Å². The molecule has 5 nitrogen and oxygen atoms in total. The lowest BCUT2D eigenvalue weighted by Crippen LogP contribution is -2.34. The van der Waals surface area contributed by atoms with Crippen molar-refractivity contribution in [1.29, 1.82) is 0 Å². The highest BCUT2D eigenvalue weighted by Gasteiger charge is 2.37. The van der Waals surface area contributed by atoms with Gasteiger partial charge in [-0.2, -0.15) is 0 Å². The quantitative estimate of drug-likeness (QED) is 0.598. The third-order valence-corrected chi connectivity index (χ3v) is 6.26. The molecule has 0 saturated heterocycles. The van der Waals surface area contributed by atoms with Gasteiger partial charge in [-0.05, 0) is 71.6 Å². The Kier molecular flexibility index (Phi) is 4.11. The van der Waals surface area contributed by atoms with Gasteiger partial charge in [0.05, 0.1) is 23.9 Å². The van der Waals surface area contributed by atoms with Crippen molar-refractivity contribution < 1.29 is 9.53 Å². The van der Waals surface area contributed by atoms with Crippen molar-refractivity contribution in [2.45, 2.75) is 58.3 Å². The van der Waals surface area contributed by atoms with Gasteiger partial charge in [-0.1, -0.05) is 39.0 Å². The van der Waals surface area contributed by atoms with Gasteiger partial charge in [-0.15, -0.1) is 5.10 Å². The van der Waals surface area contributed by atoms with Gasteiger partial charge in [0.25, 0.3) is 0 Å². The maximum atomic E-state index is 11.8. The number of ether oxygens (including phenoxy) is 1. The largest absolute Gasteiger partial charge is 0.465 e. The highest BCUT2D eigenvalue weighted by molar-refractivity contribution is 5.93. The second-order valence-corrected chi connectivity index (χ2v) is 9.15. The lowest BCUT2D eigenvalue weighted by molar-refractivity contribution is 0.0601. The zero-order chi connectivity index (χ0) is 20.3. The van der Waals surface area contributed by atoms with Crippen LogP contribution in [0.2, 0.25) is 0 Å². The average molecular weight is 377 g/mol. The van der Waals surface area contributed by atoms with Gasteiger partial charge in [-0.3, -0.25) is 0 Å². The summed E-state index contributed by atoms with van der Waals surface area (Å²) < 4.78 is 6.69. The van der Waals surface area contributed by atoms with E-state index in [0.29, 0.717) is 11.1 Å². The van der Waals surface area contributed by atoms with E-state index >= 15 is 0 Å². The van der Waals surface area contributed by atoms with Crippen molar-refractivity contribution in [1.82, 2.24) is 15.0 Å². The molecule has 1 aliphatic rings. The summed E-state index contributed by atoms with van der Waals surface area (Å²) in [5, 5.41) is 8.70. The van der Waals surface area contributed by atoms with Crippen LogP contribution in [0, 0.1) is 6.92 Å². The van der Waals surface area contributed by atoms with Gasteiger partial charge in [0.1, 0.15) is 5.52 Å². The van der Waals surface area contributed by atoms with Crippen molar-refractivity contribution in [2.24, 2.45) is 0 Å². The van der Waals surface area contributed by atoms with E-state index in [1.54, 1.807) is 12.1 Å². The molecule has 0 unspecified atom stereocenters. The van der Waals surface area contributed by atoms with Crippen LogP contribution in [-0.4, -0.2) is 28.1 Å². The molecule has 0 N–H and O–H groups in total. The molecule has 2 aromatic carbocycles. The lowest BCUT2D eigenvalue weighted by atomic mass is 9.63. The van der Waals surface area contributed by atoms with Crippen LogP contribution in [-0.2, 0) is 15.6 Å². The van der Waals surface area contributed by atoms with E-state index in [9.17, 15) is 4.79 Å². The Bertz CT molecular complexity index is 1090. The average Bonchev–Trinajstić information content (AvgIpc) is 3.07. The first kappa shape index (κ1) is 18.7. The van der Waals surface area contributed by atoms with Crippen LogP contribution < -0.4 is 0 Å². The molecule has 28 heavy (non-hydrogen) atoms. The fourth-order valence-corrected chi connectivity index (χ4v) is 4.29.